The lowest BCUT2D eigenvalue weighted by molar-refractivity contribution is -0.139. The summed E-state index contributed by atoms with van der Waals surface area (Å²) in [6, 6.07) is 5.93. The van der Waals surface area contributed by atoms with Gasteiger partial charge in [0.15, 0.2) is 5.58 Å². The topological polar surface area (TPSA) is 142 Å². The number of oxazole rings is 1. The van der Waals surface area contributed by atoms with Crippen molar-refractivity contribution in [1.82, 2.24) is 15.2 Å². The second-order valence-electron chi connectivity index (χ2n) is 7.19. The summed E-state index contributed by atoms with van der Waals surface area (Å²) in [4.78, 5) is 43.8. The number of amides is 2. The number of benzene rings is 1. The first-order valence-electron chi connectivity index (χ1n) is 10.0. The highest BCUT2D eigenvalue weighted by Crippen LogP contribution is 2.17. The molecule has 3 atom stereocenters. The van der Waals surface area contributed by atoms with Crippen LogP contribution in [0.4, 0.5) is 0 Å². The number of fused-ring (bicyclic) bond motifs is 1. The van der Waals surface area contributed by atoms with Crippen molar-refractivity contribution < 1.29 is 32.3 Å². The van der Waals surface area contributed by atoms with Crippen LogP contribution in [0.15, 0.2) is 28.7 Å². The molecule has 1 fully saturated rings. The van der Waals surface area contributed by atoms with Gasteiger partial charge in [0.25, 0.3) is 5.89 Å². The Morgan fingerprint density at radius 2 is 1.97 bits per heavy atom. The first-order chi connectivity index (χ1) is 14.9. The van der Waals surface area contributed by atoms with Crippen molar-refractivity contribution in [2.75, 3.05) is 32.1 Å². The van der Waals surface area contributed by atoms with E-state index >= 15 is 0 Å². The van der Waals surface area contributed by atoms with Crippen LogP contribution in [-0.2, 0) is 25.4 Å². The second-order valence-corrected chi connectivity index (χ2v) is 8.13. The van der Waals surface area contributed by atoms with E-state index in [0.29, 0.717) is 37.4 Å². The standard InChI is InChI=1S/C20H25N3O7S/c1-2-14(18(25)20-22-15-5-3-4-6-16(15)30-20)21-19(26)13(12-31(27)28)11-17(24)23-7-9-29-10-8-23/h3-6,13-14H,2,7-12H2,1H3,(H,21,26)(H,27,28)/p-1/t13?,14-/m0/s1. The molecule has 2 aromatic rings. The highest BCUT2D eigenvalue weighted by Gasteiger charge is 2.30. The van der Waals surface area contributed by atoms with Crippen LogP contribution in [0, 0.1) is 5.92 Å². The fourth-order valence-corrected chi connectivity index (χ4v) is 3.91. The Morgan fingerprint density at radius 1 is 1.26 bits per heavy atom. The fourth-order valence-electron chi connectivity index (χ4n) is 3.31. The number of carbonyl (C=O) groups excluding carboxylic acids is 3. The Kier molecular flexibility index (Phi) is 7.88. The van der Waals surface area contributed by atoms with Crippen LogP contribution in [-0.4, -0.2) is 74.3 Å². The van der Waals surface area contributed by atoms with Crippen molar-refractivity contribution in [2.45, 2.75) is 25.8 Å². The third-order valence-electron chi connectivity index (χ3n) is 5.04. The van der Waals surface area contributed by atoms with Crippen molar-refractivity contribution in [2.24, 2.45) is 5.92 Å². The first kappa shape index (κ1) is 23.0. The summed E-state index contributed by atoms with van der Waals surface area (Å²) < 4.78 is 33.2. The maximum Gasteiger partial charge on any atom is 0.266 e. The average Bonchev–Trinajstić information content (AvgIpc) is 3.21. The molecule has 3 rings (SSSR count). The number of nitrogens with zero attached hydrogens (tertiary/aromatic N) is 2. The van der Waals surface area contributed by atoms with Gasteiger partial charge in [0.05, 0.1) is 25.2 Å². The SMILES string of the molecule is CC[C@H](NC(=O)C(CC(=O)N1CCOCC1)CS(=O)[O-])C(=O)c1nc2ccccc2o1. The van der Waals surface area contributed by atoms with E-state index in [1.54, 1.807) is 31.2 Å². The predicted molar refractivity (Wildman–Crippen MR) is 110 cm³/mol. The van der Waals surface area contributed by atoms with Gasteiger partial charge < -0.3 is 23.9 Å². The molecule has 10 nitrogen and oxygen atoms in total. The molecule has 2 heterocycles. The van der Waals surface area contributed by atoms with Gasteiger partial charge in [-0.05, 0) is 18.6 Å². The number of hydrogen-bond acceptors (Lipinski definition) is 8. The number of para-hydroxylation sites is 2. The van der Waals surface area contributed by atoms with Crippen LogP contribution in [0.25, 0.3) is 11.1 Å². The highest BCUT2D eigenvalue weighted by molar-refractivity contribution is 7.79. The van der Waals surface area contributed by atoms with Crippen molar-refractivity contribution in [1.29, 1.82) is 0 Å². The summed E-state index contributed by atoms with van der Waals surface area (Å²) in [5, 5.41) is 2.57. The lowest BCUT2D eigenvalue weighted by Crippen LogP contribution is -2.47. The van der Waals surface area contributed by atoms with Gasteiger partial charge in [-0.1, -0.05) is 30.1 Å². The van der Waals surface area contributed by atoms with Gasteiger partial charge >= 0.3 is 0 Å². The van der Waals surface area contributed by atoms with Gasteiger partial charge in [0.1, 0.15) is 5.52 Å². The Bertz CT molecular complexity index is 938. The number of carbonyl (C=O) groups is 3. The summed E-state index contributed by atoms with van der Waals surface area (Å²) >= 11 is -2.53. The number of Topliss-reactive ketones (excluding diaryl/α,β-unsaturated/α-hetero) is 1. The number of nitrogens with one attached hydrogen (secondary N) is 1. The molecule has 168 valence electrons. The van der Waals surface area contributed by atoms with Crippen LogP contribution in [0.3, 0.4) is 0 Å². The summed E-state index contributed by atoms with van der Waals surface area (Å²) in [7, 11) is 0. The Labute approximate surface area is 181 Å². The molecule has 31 heavy (non-hydrogen) atoms. The van der Waals surface area contributed by atoms with Crippen LogP contribution in [0.2, 0.25) is 0 Å². The van der Waals surface area contributed by atoms with E-state index in [1.165, 1.54) is 4.90 Å². The molecule has 0 saturated carbocycles. The van der Waals surface area contributed by atoms with Gasteiger partial charge in [0.2, 0.25) is 17.6 Å². The Hall–Kier alpha value is -2.63. The van der Waals surface area contributed by atoms with E-state index in [4.69, 9.17) is 9.15 Å². The van der Waals surface area contributed by atoms with E-state index < -0.39 is 40.5 Å². The van der Waals surface area contributed by atoms with Crippen molar-refractivity contribution >= 4 is 39.8 Å². The molecular formula is C20H24N3O7S-. The molecule has 11 heteroatoms. The quantitative estimate of drug-likeness (QED) is 0.433. The van der Waals surface area contributed by atoms with Gasteiger partial charge in [-0.3, -0.25) is 18.6 Å². The Morgan fingerprint density at radius 3 is 2.61 bits per heavy atom. The summed E-state index contributed by atoms with van der Waals surface area (Å²) in [6.07, 6.45) is -0.0266. The maximum atomic E-state index is 12.8. The second kappa shape index (κ2) is 10.6. The molecule has 1 aromatic heterocycles. The zero-order valence-electron chi connectivity index (χ0n) is 17.1. The van der Waals surface area contributed by atoms with Gasteiger partial charge in [-0.15, -0.1) is 0 Å². The molecule has 1 aliphatic rings. The number of ketones is 1. The van der Waals surface area contributed by atoms with E-state index in [-0.39, 0.29) is 24.6 Å². The zero-order chi connectivity index (χ0) is 22.4. The molecule has 0 bridgehead atoms. The lowest BCUT2D eigenvalue weighted by Gasteiger charge is -2.29. The zero-order valence-corrected chi connectivity index (χ0v) is 17.9. The minimum absolute atomic E-state index is 0.137. The molecule has 1 aromatic carbocycles. The molecule has 0 spiro atoms. The third-order valence-corrected chi connectivity index (χ3v) is 5.71. The van der Waals surface area contributed by atoms with Crippen LogP contribution >= 0.6 is 0 Å². The van der Waals surface area contributed by atoms with Crippen molar-refractivity contribution in [3.8, 4) is 0 Å². The monoisotopic (exact) mass is 450 g/mol. The van der Waals surface area contributed by atoms with E-state index in [2.05, 4.69) is 10.3 Å². The van der Waals surface area contributed by atoms with Crippen LogP contribution in [0.5, 0.6) is 0 Å². The van der Waals surface area contributed by atoms with Crippen LogP contribution < -0.4 is 5.32 Å². The number of morpholine rings is 1. The average molecular weight is 450 g/mol. The van der Waals surface area contributed by atoms with Gasteiger partial charge in [-0.2, -0.15) is 0 Å². The fraction of sp³-hybridized carbons (Fsp3) is 0.500. The maximum absolute atomic E-state index is 12.8. The number of rotatable bonds is 9. The van der Waals surface area contributed by atoms with Crippen molar-refractivity contribution in [3.05, 3.63) is 30.2 Å². The van der Waals surface area contributed by atoms with Gasteiger partial charge in [-0.25, -0.2) is 4.98 Å². The number of ether oxygens (including phenoxy) is 1. The van der Waals surface area contributed by atoms with E-state index in [0.717, 1.165) is 0 Å². The summed E-state index contributed by atoms with van der Waals surface area (Å²) in [5.74, 6) is -3.29. The first-order valence-corrected chi connectivity index (χ1v) is 11.2. The van der Waals surface area contributed by atoms with E-state index in [9.17, 15) is 23.1 Å². The third kappa shape index (κ3) is 5.96. The molecule has 0 aliphatic carbocycles. The summed E-state index contributed by atoms with van der Waals surface area (Å²) in [5.41, 5.74) is 0.963. The van der Waals surface area contributed by atoms with E-state index in [1.807, 2.05) is 0 Å². The van der Waals surface area contributed by atoms with Gasteiger partial charge in [0, 0.05) is 25.3 Å². The van der Waals surface area contributed by atoms with Crippen LogP contribution in [0.1, 0.15) is 30.5 Å². The highest BCUT2D eigenvalue weighted by atomic mass is 32.2. The minimum Gasteiger partial charge on any atom is -0.772 e. The van der Waals surface area contributed by atoms with Crippen molar-refractivity contribution in [3.63, 3.8) is 0 Å². The Balaban J connectivity index is 1.69. The minimum atomic E-state index is -2.53. The molecule has 2 amide bonds. The largest absolute Gasteiger partial charge is 0.772 e. The number of hydrogen-bond donors (Lipinski definition) is 1. The molecule has 1 aliphatic heterocycles. The molecule has 1 N–H and O–H groups in total. The molecular weight excluding hydrogens is 426 g/mol. The molecule has 0 radical (unpaired) electrons. The summed E-state index contributed by atoms with van der Waals surface area (Å²) in [6.45, 7) is 3.27. The normalized spacial score (nSPS) is 17.2. The smallest absolute Gasteiger partial charge is 0.266 e. The lowest BCUT2D eigenvalue weighted by atomic mass is 10.0. The molecule has 1 saturated heterocycles. The molecule has 2 unspecified atom stereocenters. The number of aromatic nitrogens is 1. The predicted octanol–water partition coefficient (Wildman–Crippen LogP) is 0.650.